The summed E-state index contributed by atoms with van der Waals surface area (Å²) in [5, 5.41) is 9.15. The smallest absolute Gasteiger partial charge is 0.219 e. The third kappa shape index (κ3) is 8.96. The van der Waals surface area contributed by atoms with Crippen LogP contribution < -0.4 is 0 Å². The largest absolute Gasteiger partial charge is 0.425 e. The van der Waals surface area contributed by atoms with Crippen LogP contribution in [0.15, 0.2) is 28.7 Å². The molecule has 9 rings (SSSR count). The van der Waals surface area contributed by atoms with Gasteiger partial charge in [-0.05, 0) is 150 Å². The molecule has 5 fully saturated rings. The molecule has 4 nitrogen and oxygen atoms in total. The van der Waals surface area contributed by atoms with E-state index in [4.69, 9.17) is 4.42 Å². The number of allylic oxidation sites excluding steroid dienone is 2. The Labute approximate surface area is 343 Å². The van der Waals surface area contributed by atoms with Gasteiger partial charge in [-0.15, -0.1) is 44.2 Å². The summed E-state index contributed by atoms with van der Waals surface area (Å²) in [6, 6.07) is 7.50. The number of rotatable bonds is 9. The average Bonchev–Trinajstić information content (AvgIpc) is 4.01. The molecule has 4 aromatic rings. The second-order valence-electron chi connectivity index (χ2n) is 19.6. The van der Waals surface area contributed by atoms with Crippen LogP contribution in [0.3, 0.4) is 0 Å². The molecule has 5 aliphatic rings. The molecule has 7 heteroatoms. The van der Waals surface area contributed by atoms with E-state index in [1.165, 1.54) is 157 Å². The molecule has 0 saturated heterocycles. The van der Waals surface area contributed by atoms with Gasteiger partial charge in [-0.3, -0.25) is 4.90 Å². The minimum atomic E-state index is 0.402. The quantitative estimate of drug-likeness (QED) is 0.169. The van der Waals surface area contributed by atoms with E-state index in [9.17, 15) is 0 Å². The first-order chi connectivity index (χ1) is 26.8. The molecule has 5 saturated carbocycles. The van der Waals surface area contributed by atoms with E-state index in [-0.39, 0.29) is 0 Å². The summed E-state index contributed by atoms with van der Waals surface area (Å²) in [7, 11) is 0. The summed E-state index contributed by atoms with van der Waals surface area (Å²) in [5.74, 6) is 4.90. The van der Waals surface area contributed by atoms with Gasteiger partial charge in [0.05, 0.1) is 9.40 Å². The molecule has 4 heterocycles. The summed E-state index contributed by atoms with van der Waals surface area (Å²) < 4.78 is 12.3. The molecule has 55 heavy (non-hydrogen) atoms. The first-order valence-corrected chi connectivity index (χ1v) is 25.2. The van der Waals surface area contributed by atoms with Gasteiger partial charge >= 0.3 is 0 Å². The zero-order valence-corrected chi connectivity index (χ0v) is 36.6. The highest BCUT2D eigenvalue weighted by molar-refractivity contribution is 7.38. The fraction of sp³-hybridized carbons (Fsp3) is 0.708. The van der Waals surface area contributed by atoms with Crippen LogP contribution in [0.2, 0.25) is 0 Å². The molecular weight excluding hydrogens is 731 g/mol. The third-order valence-electron chi connectivity index (χ3n) is 15.0. The van der Waals surface area contributed by atoms with E-state index in [1.807, 2.05) is 34.0 Å². The highest BCUT2D eigenvalue weighted by atomic mass is 32.1. The molecule has 0 radical (unpaired) electrons. The average molecular weight is 798 g/mol. The van der Waals surface area contributed by atoms with E-state index >= 15 is 0 Å². The molecule has 0 spiro atoms. The van der Waals surface area contributed by atoms with Gasteiger partial charge in [0.15, 0.2) is 0 Å². The maximum atomic E-state index is 6.36. The van der Waals surface area contributed by atoms with Crippen molar-refractivity contribution in [2.75, 3.05) is 0 Å². The van der Waals surface area contributed by atoms with Gasteiger partial charge in [0.2, 0.25) is 11.8 Å². The van der Waals surface area contributed by atoms with E-state index < -0.39 is 0 Å². The van der Waals surface area contributed by atoms with Gasteiger partial charge in [-0.2, -0.15) is 0 Å². The van der Waals surface area contributed by atoms with Crippen LogP contribution in [-0.4, -0.2) is 33.2 Å². The molecule has 298 valence electrons. The fourth-order valence-corrected chi connectivity index (χ4v) is 15.5. The Bertz CT molecular complexity index is 1870. The number of fused-ring (bicyclic) bond motifs is 3. The van der Waals surface area contributed by atoms with E-state index in [2.05, 4.69) is 72.3 Å². The molecule has 0 atom stereocenters. The van der Waals surface area contributed by atoms with Crippen molar-refractivity contribution in [3.63, 3.8) is 0 Å². The summed E-state index contributed by atoms with van der Waals surface area (Å²) in [6.07, 6.45) is 39.9. The fourth-order valence-electron chi connectivity index (χ4n) is 11.6. The van der Waals surface area contributed by atoms with Gasteiger partial charge < -0.3 is 4.42 Å². The lowest BCUT2D eigenvalue weighted by molar-refractivity contribution is 0.0182. The van der Waals surface area contributed by atoms with E-state index in [0.717, 1.165) is 54.6 Å². The predicted molar refractivity (Wildman–Crippen MR) is 238 cm³/mol. The first kappa shape index (κ1) is 38.7. The van der Waals surface area contributed by atoms with Crippen molar-refractivity contribution >= 4 is 65.0 Å². The summed E-state index contributed by atoms with van der Waals surface area (Å²) in [6.45, 7) is 7.16. The number of thiophene rings is 3. The molecular formula is C48H67N3OS3. The second-order valence-corrected chi connectivity index (χ2v) is 22.9. The first-order valence-electron chi connectivity index (χ1n) is 22.8. The van der Waals surface area contributed by atoms with Crippen LogP contribution in [-0.2, 0) is 0 Å². The monoisotopic (exact) mass is 797 g/mol. The summed E-state index contributed by atoms with van der Waals surface area (Å²) in [4.78, 5) is 5.97. The summed E-state index contributed by atoms with van der Waals surface area (Å²) >= 11 is 6.00. The molecule has 0 unspecified atom stereocenters. The van der Waals surface area contributed by atoms with Crippen LogP contribution in [0, 0.1) is 23.2 Å². The molecule has 0 bridgehead atoms. The van der Waals surface area contributed by atoms with Crippen LogP contribution >= 0.6 is 34.0 Å². The van der Waals surface area contributed by atoms with E-state index in [0.29, 0.717) is 23.2 Å². The van der Waals surface area contributed by atoms with Gasteiger partial charge in [-0.25, -0.2) is 0 Å². The Balaban J connectivity index is 0.762. The zero-order valence-electron chi connectivity index (χ0n) is 34.1. The van der Waals surface area contributed by atoms with E-state index in [1.54, 1.807) is 0 Å². The lowest BCUT2D eigenvalue weighted by Gasteiger charge is -2.48. The van der Waals surface area contributed by atoms with Gasteiger partial charge in [0, 0.05) is 49.1 Å². The van der Waals surface area contributed by atoms with Crippen LogP contribution in [0.1, 0.15) is 195 Å². The van der Waals surface area contributed by atoms with Crippen LogP contribution in [0.5, 0.6) is 0 Å². The third-order valence-corrected chi connectivity index (χ3v) is 18.7. The van der Waals surface area contributed by atoms with Crippen molar-refractivity contribution in [1.29, 1.82) is 0 Å². The van der Waals surface area contributed by atoms with Crippen molar-refractivity contribution < 1.29 is 4.42 Å². The number of hydrogen-bond donors (Lipinski definition) is 0. The number of nitrogens with zero attached hydrogens (tertiary/aromatic N) is 3. The minimum absolute atomic E-state index is 0.402. The Kier molecular flexibility index (Phi) is 12.1. The van der Waals surface area contributed by atoms with Crippen molar-refractivity contribution in [1.82, 2.24) is 15.1 Å². The molecule has 5 aliphatic carbocycles. The number of aromatic nitrogens is 2. The zero-order chi connectivity index (χ0) is 37.4. The minimum Gasteiger partial charge on any atom is -0.425 e. The summed E-state index contributed by atoms with van der Waals surface area (Å²) in [5.41, 5.74) is 0.402. The van der Waals surface area contributed by atoms with Crippen molar-refractivity contribution in [2.45, 2.75) is 192 Å². The molecule has 0 amide bonds. The molecule has 4 aromatic heterocycles. The van der Waals surface area contributed by atoms with Crippen molar-refractivity contribution in [3.05, 3.63) is 45.8 Å². The highest BCUT2D eigenvalue weighted by Crippen LogP contribution is 2.46. The Morgan fingerprint density at radius 2 is 0.982 bits per heavy atom. The second kappa shape index (κ2) is 17.2. The van der Waals surface area contributed by atoms with Crippen molar-refractivity contribution in [2.24, 2.45) is 23.2 Å². The topological polar surface area (TPSA) is 42.2 Å². The Morgan fingerprint density at radius 3 is 1.45 bits per heavy atom. The predicted octanol–water partition coefficient (Wildman–Crippen LogP) is 15.4. The molecule has 0 N–H and O–H groups in total. The highest BCUT2D eigenvalue weighted by Gasteiger charge is 2.36. The van der Waals surface area contributed by atoms with Gasteiger partial charge in [0.1, 0.15) is 0 Å². The SMILES string of the molecule is CC(C)(C)C1CCC(c2nnc(C3CCC(/C=C/c4cc5sc6cc(/C=C/C7CCC(N(C8CCCCC8)C8CCCCC8)CC7)sc6c5s4)CC3)o2)CC1. The standard InChI is InChI=1S/C48H67N3OS3/c1-48(2,3)36-24-22-35(23-25-36)47-50-49-46(52-47)34-20-14-32(15-21-34)18-28-40-30-42-44(53-40)45-43(55-42)31-41(54-45)29-19-33-16-26-39(27-17-33)51(37-10-6-4-7-11-37)38-12-8-5-9-13-38/h18-19,28-39H,4-17,20-27H2,1-3H3/b28-18+,29-19+. The molecule has 0 aromatic carbocycles. The van der Waals surface area contributed by atoms with Crippen LogP contribution in [0.4, 0.5) is 0 Å². The number of hydrogen-bond acceptors (Lipinski definition) is 7. The van der Waals surface area contributed by atoms with Gasteiger partial charge in [0.25, 0.3) is 0 Å². The maximum absolute atomic E-state index is 6.36. The Morgan fingerprint density at radius 1 is 0.545 bits per heavy atom. The van der Waals surface area contributed by atoms with Crippen molar-refractivity contribution in [3.8, 4) is 0 Å². The molecule has 0 aliphatic heterocycles. The van der Waals surface area contributed by atoms with Crippen LogP contribution in [0.25, 0.3) is 31.0 Å². The Hall–Kier alpha value is -1.80. The normalized spacial score (nSPS) is 29.8. The lowest BCUT2D eigenvalue weighted by atomic mass is 9.70. The maximum Gasteiger partial charge on any atom is 0.219 e. The lowest BCUT2D eigenvalue weighted by Crippen LogP contribution is -2.51. The van der Waals surface area contributed by atoms with Gasteiger partial charge in [-0.1, -0.05) is 71.4 Å².